The number of nitrogens with zero attached hydrogens (tertiary/aromatic N) is 1. The van der Waals surface area contributed by atoms with Crippen molar-refractivity contribution in [3.63, 3.8) is 0 Å². The van der Waals surface area contributed by atoms with E-state index in [0.717, 1.165) is 0 Å². The van der Waals surface area contributed by atoms with Gasteiger partial charge in [-0.2, -0.15) is 9.11 Å². The van der Waals surface area contributed by atoms with Crippen LogP contribution in [0, 0.1) is 34.1 Å². The summed E-state index contributed by atoms with van der Waals surface area (Å²) >= 11 is 0. The number of hydrogen-bond acceptors (Lipinski definition) is 4. The molecule has 9 heteroatoms. The van der Waals surface area contributed by atoms with E-state index >= 15 is 0 Å². The number of rotatable bonds is 4. The van der Waals surface area contributed by atoms with Crippen LogP contribution in [0.4, 0.5) is 14.5 Å². The topological polar surface area (TPSA) is 89.3 Å². The van der Waals surface area contributed by atoms with Gasteiger partial charge in [-0.1, -0.05) is 5.92 Å². The SMILES string of the molecule is C#CC(C)(C)NS(=O)(=O)c1cc([N+](=O)[O-])c(F)cc1F. The first-order valence-electron chi connectivity index (χ1n) is 5.15. The first kappa shape index (κ1) is 16.0. The smallest absolute Gasteiger partial charge is 0.258 e. The van der Waals surface area contributed by atoms with Gasteiger partial charge in [0.25, 0.3) is 0 Å². The first-order valence-corrected chi connectivity index (χ1v) is 6.63. The number of nitro groups is 1. The molecule has 108 valence electrons. The monoisotopic (exact) mass is 304 g/mol. The zero-order chi connectivity index (χ0) is 15.7. The molecule has 0 aliphatic rings. The fraction of sp³-hybridized carbons (Fsp3) is 0.273. The van der Waals surface area contributed by atoms with Crippen molar-refractivity contribution in [1.82, 2.24) is 4.72 Å². The van der Waals surface area contributed by atoms with Crippen molar-refractivity contribution in [3.05, 3.63) is 33.9 Å². The third-order valence-electron chi connectivity index (χ3n) is 2.24. The average molecular weight is 304 g/mol. The van der Waals surface area contributed by atoms with Crippen LogP contribution >= 0.6 is 0 Å². The highest BCUT2D eigenvalue weighted by Crippen LogP contribution is 2.25. The lowest BCUT2D eigenvalue weighted by molar-refractivity contribution is -0.387. The molecule has 6 nitrogen and oxygen atoms in total. The van der Waals surface area contributed by atoms with Crippen LogP contribution in [0.1, 0.15) is 13.8 Å². The van der Waals surface area contributed by atoms with Crippen LogP contribution in [0.5, 0.6) is 0 Å². The highest BCUT2D eigenvalue weighted by atomic mass is 32.2. The van der Waals surface area contributed by atoms with Gasteiger partial charge >= 0.3 is 5.69 Å². The van der Waals surface area contributed by atoms with E-state index < -0.39 is 42.7 Å². The third-order valence-corrected chi connectivity index (χ3v) is 3.91. The van der Waals surface area contributed by atoms with Crippen LogP contribution in [0.15, 0.2) is 17.0 Å². The van der Waals surface area contributed by atoms with Crippen LogP contribution in [0.3, 0.4) is 0 Å². The van der Waals surface area contributed by atoms with E-state index in [9.17, 15) is 27.3 Å². The van der Waals surface area contributed by atoms with Crippen molar-refractivity contribution in [2.75, 3.05) is 0 Å². The molecular weight excluding hydrogens is 294 g/mol. The minimum absolute atomic E-state index is 0.134. The molecule has 0 aliphatic carbocycles. The van der Waals surface area contributed by atoms with Crippen molar-refractivity contribution in [3.8, 4) is 12.3 Å². The molecule has 0 atom stereocenters. The van der Waals surface area contributed by atoms with Gasteiger partial charge in [-0.15, -0.1) is 6.42 Å². The Morgan fingerprint density at radius 3 is 2.35 bits per heavy atom. The van der Waals surface area contributed by atoms with E-state index in [4.69, 9.17) is 6.42 Å². The van der Waals surface area contributed by atoms with Crippen molar-refractivity contribution >= 4 is 15.7 Å². The number of terminal acetylenes is 1. The van der Waals surface area contributed by atoms with Crippen LogP contribution in [0.2, 0.25) is 0 Å². The molecule has 0 bridgehead atoms. The van der Waals surface area contributed by atoms with Gasteiger partial charge < -0.3 is 0 Å². The number of hydrogen-bond donors (Lipinski definition) is 1. The lowest BCUT2D eigenvalue weighted by Gasteiger charge is -2.19. The van der Waals surface area contributed by atoms with E-state index in [0.29, 0.717) is 6.07 Å². The Hall–Kier alpha value is -2.05. The molecule has 0 amide bonds. The van der Waals surface area contributed by atoms with Gasteiger partial charge in [0.05, 0.1) is 10.5 Å². The van der Waals surface area contributed by atoms with Gasteiger partial charge in [0.15, 0.2) is 0 Å². The quantitative estimate of drug-likeness (QED) is 0.519. The van der Waals surface area contributed by atoms with Crippen LogP contribution in [-0.4, -0.2) is 18.9 Å². The molecule has 0 aromatic heterocycles. The summed E-state index contributed by atoms with van der Waals surface area (Å²) in [5.74, 6) is -0.806. The molecule has 0 spiro atoms. The molecule has 0 aliphatic heterocycles. The number of halogens is 2. The maximum Gasteiger partial charge on any atom is 0.306 e. The summed E-state index contributed by atoms with van der Waals surface area (Å²) in [5, 5.41) is 10.5. The molecule has 0 radical (unpaired) electrons. The van der Waals surface area contributed by atoms with Crippen LogP contribution < -0.4 is 4.72 Å². The van der Waals surface area contributed by atoms with E-state index in [2.05, 4.69) is 5.92 Å². The molecule has 0 saturated carbocycles. The lowest BCUT2D eigenvalue weighted by Crippen LogP contribution is -2.42. The Morgan fingerprint density at radius 2 is 1.90 bits per heavy atom. The predicted octanol–water partition coefficient (Wildman–Crippen LogP) is 1.56. The molecule has 1 aromatic rings. The highest BCUT2D eigenvalue weighted by molar-refractivity contribution is 7.89. The summed E-state index contributed by atoms with van der Waals surface area (Å²) in [5.41, 5.74) is -2.49. The standard InChI is InChI=1S/C11H10F2N2O4S/c1-4-11(2,3)14-20(18,19)10-6-9(15(16)17)7(12)5-8(10)13/h1,5-6,14H,2-3H3. The second kappa shape index (κ2) is 5.15. The van der Waals surface area contributed by atoms with E-state index in [1.54, 1.807) is 0 Å². The predicted molar refractivity (Wildman–Crippen MR) is 66.2 cm³/mol. The van der Waals surface area contributed by atoms with E-state index in [1.165, 1.54) is 13.8 Å². The Labute approximate surface area is 114 Å². The molecule has 0 heterocycles. The van der Waals surface area contributed by atoms with Crippen LogP contribution in [0.25, 0.3) is 0 Å². The third kappa shape index (κ3) is 3.28. The minimum Gasteiger partial charge on any atom is -0.258 e. The second-order valence-corrected chi connectivity index (χ2v) is 6.02. The maximum atomic E-state index is 13.5. The summed E-state index contributed by atoms with van der Waals surface area (Å²) in [6.45, 7) is 2.67. The average Bonchev–Trinajstić information content (AvgIpc) is 2.26. The summed E-state index contributed by atoms with van der Waals surface area (Å²) in [4.78, 5) is 8.35. The Bertz CT molecular complexity index is 708. The van der Waals surface area contributed by atoms with E-state index in [1.807, 2.05) is 4.72 Å². The Kier molecular flexibility index (Phi) is 4.12. The molecule has 1 aromatic carbocycles. The van der Waals surface area contributed by atoms with Crippen molar-refractivity contribution in [2.45, 2.75) is 24.3 Å². The van der Waals surface area contributed by atoms with Gasteiger partial charge in [0, 0.05) is 12.1 Å². The lowest BCUT2D eigenvalue weighted by atomic mass is 10.1. The first-order chi connectivity index (χ1) is 9.00. The largest absolute Gasteiger partial charge is 0.306 e. The summed E-state index contributed by atoms with van der Waals surface area (Å²) in [7, 11) is -4.47. The number of benzene rings is 1. The van der Waals surface area contributed by atoms with E-state index in [-0.39, 0.29) is 6.07 Å². The fourth-order valence-electron chi connectivity index (χ4n) is 1.28. The highest BCUT2D eigenvalue weighted by Gasteiger charge is 2.30. The molecule has 20 heavy (non-hydrogen) atoms. The fourth-order valence-corrected chi connectivity index (χ4v) is 2.71. The Morgan fingerprint density at radius 1 is 1.35 bits per heavy atom. The molecule has 0 saturated heterocycles. The number of nitrogens with one attached hydrogen (secondary N) is 1. The summed E-state index contributed by atoms with van der Waals surface area (Å²) in [6, 6.07) is 0.440. The molecular formula is C11H10F2N2O4S. The zero-order valence-corrected chi connectivity index (χ0v) is 11.3. The van der Waals surface area contributed by atoms with Gasteiger partial charge in [-0.3, -0.25) is 10.1 Å². The molecule has 0 unspecified atom stereocenters. The van der Waals surface area contributed by atoms with Gasteiger partial charge in [0.2, 0.25) is 15.8 Å². The van der Waals surface area contributed by atoms with Gasteiger partial charge in [-0.25, -0.2) is 12.8 Å². The Balaban J connectivity index is 3.44. The summed E-state index contributed by atoms with van der Waals surface area (Å²) in [6.07, 6.45) is 5.09. The van der Waals surface area contributed by atoms with Crippen molar-refractivity contribution in [1.29, 1.82) is 0 Å². The summed E-state index contributed by atoms with van der Waals surface area (Å²) < 4.78 is 52.5. The van der Waals surface area contributed by atoms with Crippen molar-refractivity contribution < 1.29 is 22.1 Å². The maximum absolute atomic E-state index is 13.5. The van der Waals surface area contributed by atoms with Gasteiger partial charge in [0.1, 0.15) is 10.7 Å². The normalized spacial score (nSPS) is 11.9. The van der Waals surface area contributed by atoms with Crippen molar-refractivity contribution in [2.24, 2.45) is 0 Å². The minimum atomic E-state index is -4.47. The van der Waals surface area contributed by atoms with Gasteiger partial charge in [-0.05, 0) is 13.8 Å². The molecule has 0 fully saturated rings. The molecule has 1 rings (SSSR count). The number of nitro benzene ring substituents is 1. The van der Waals surface area contributed by atoms with Crippen LogP contribution in [-0.2, 0) is 10.0 Å². The number of sulfonamides is 1. The zero-order valence-electron chi connectivity index (χ0n) is 10.5. The molecule has 1 N–H and O–H groups in total. The second-order valence-electron chi connectivity index (χ2n) is 4.37.